The number of hydrogen-bond acceptors (Lipinski definition) is 5. The number of benzene rings is 2. The van der Waals surface area contributed by atoms with E-state index >= 15 is 0 Å². The van der Waals surface area contributed by atoms with Crippen LogP contribution < -0.4 is 4.90 Å². The van der Waals surface area contributed by atoms with E-state index in [4.69, 9.17) is 9.47 Å². The smallest absolute Gasteiger partial charge is 0.410 e. The molecular formula is C25H25N3O3. The summed E-state index contributed by atoms with van der Waals surface area (Å²) < 4.78 is 11.0. The van der Waals surface area contributed by atoms with Crippen molar-refractivity contribution in [2.24, 2.45) is 0 Å². The fraction of sp³-hybridized carbons (Fsp3) is 0.280. The van der Waals surface area contributed by atoms with E-state index in [1.165, 1.54) is 0 Å². The van der Waals surface area contributed by atoms with Crippen LogP contribution in [-0.2, 0) is 16.0 Å². The lowest BCUT2D eigenvalue weighted by atomic mass is 10.1. The zero-order valence-electron chi connectivity index (χ0n) is 17.3. The minimum atomic E-state index is -0.263. The van der Waals surface area contributed by atoms with E-state index in [0.717, 1.165) is 54.4 Å². The van der Waals surface area contributed by atoms with Gasteiger partial charge in [-0.1, -0.05) is 54.6 Å². The molecule has 6 heteroatoms. The molecule has 0 saturated carbocycles. The number of carbonyl (C=O) groups is 1. The van der Waals surface area contributed by atoms with E-state index in [0.29, 0.717) is 13.1 Å². The summed E-state index contributed by atoms with van der Waals surface area (Å²) in [6.07, 6.45) is 1.45. The zero-order chi connectivity index (χ0) is 21.0. The quantitative estimate of drug-likeness (QED) is 0.623. The average Bonchev–Trinajstić information content (AvgIpc) is 3.21. The van der Waals surface area contributed by atoms with Crippen LogP contribution in [-0.4, -0.2) is 48.8 Å². The summed E-state index contributed by atoms with van der Waals surface area (Å²) in [5.74, 6) is 0.990. The van der Waals surface area contributed by atoms with Crippen molar-refractivity contribution < 1.29 is 14.3 Å². The molecule has 3 aromatic rings. The molecule has 1 aromatic heterocycles. The first-order chi connectivity index (χ1) is 15.3. The number of anilines is 1. The van der Waals surface area contributed by atoms with Gasteiger partial charge in [-0.15, -0.1) is 0 Å². The fourth-order valence-electron chi connectivity index (χ4n) is 4.04. The first-order valence-corrected chi connectivity index (χ1v) is 10.6. The number of carbonyl (C=O) groups excluding carboxylic acids is 1. The third kappa shape index (κ3) is 4.39. The Kier molecular flexibility index (Phi) is 5.54. The maximum atomic E-state index is 12.3. The normalized spacial score (nSPS) is 18.8. The lowest BCUT2D eigenvalue weighted by molar-refractivity contribution is 0.122. The molecule has 0 bridgehead atoms. The molecule has 0 spiro atoms. The van der Waals surface area contributed by atoms with Crippen LogP contribution in [0.5, 0.6) is 0 Å². The minimum absolute atomic E-state index is 0.205. The van der Waals surface area contributed by atoms with Crippen molar-refractivity contribution >= 4 is 11.9 Å². The minimum Gasteiger partial charge on any atom is -0.439 e. The summed E-state index contributed by atoms with van der Waals surface area (Å²) in [5.41, 5.74) is 4.29. The van der Waals surface area contributed by atoms with Crippen molar-refractivity contribution in [3.63, 3.8) is 0 Å². The molecule has 3 heterocycles. The van der Waals surface area contributed by atoms with Crippen LogP contribution in [0, 0.1) is 0 Å². The monoisotopic (exact) mass is 415 g/mol. The van der Waals surface area contributed by atoms with E-state index in [9.17, 15) is 4.79 Å². The third-order valence-corrected chi connectivity index (χ3v) is 5.80. The van der Waals surface area contributed by atoms with Gasteiger partial charge in [0.2, 0.25) is 0 Å². The Morgan fingerprint density at radius 3 is 2.35 bits per heavy atom. The predicted octanol–water partition coefficient (Wildman–Crippen LogP) is 4.28. The SMILES string of the molecule is O=C1O[C@H](c2ccccc2)CN1Cc1ccc(-c2ccc(N3CCOCC3)nc2)cc1. The standard InChI is InChI=1S/C25H25N3O3/c29-25-28(18-23(31-25)21-4-2-1-3-5-21)17-19-6-8-20(9-7-19)22-10-11-24(26-16-22)27-12-14-30-15-13-27/h1-11,16,23H,12-15,17-18H2/t23-/m0/s1. The Bertz CT molecular complexity index is 1020. The van der Waals surface area contributed by atoms with Gasteiger partial charge in [0.1, 0.15) is 11.9 Å². The molecular weight excluding hydrogens is 390 g/mol. The molecule has 1 amide bonds. The van der Waals surface area contributed by atoms with Crippen LogP contribution in [0.1, 0.15) is 17.2 Å². The van der Waals surface area contributed by atoms with Crippen LogP contribution in [0.15, 0.2) is 72.9 Å². The van der Waals surface area contributed by atoms with Crippen molar-refractivity contribution in [3.8, 4) is 11.1 Å². The van der Waals surface area contributed by atoms with E-state index in [1.807, 2.05) is 36.5 Å². The topological polar surface area (TPSA) is 54.9 Å². The second-order valence-corrected chi connectivity index (χ2v) is 7.87. The largest absolute Gasteiger partial charge is 0.439 e. The molecule has 0 unspecified atom stereocenters. The summed E-state index contributed by atoms with van der Waals surface area (Å²) in [5, 5.41) is 0. The highest BCUT2D eigenvalue weighted by Gasteiger charge is 2.32. The fourth-order valence-corrected chi connectivity index (χ4v) is 4.04. The molecule has 1 atom stereocenters. The Hall–Kier alpha value is -3.38. The van der Waals surface area contributed by atoms with Crippen molar-refractivity contribution in [1.82, 2.24) is 9.88 Å². The van der Waals surface area contributed by atoms with Gasteiger partial charge in [-0.05, 0) is 28.8 Å². The molecule has 2 aliphatic heterocycles. The Labute approximate surface area is 182 Å². The molecule has 0 radical (unpaired) electrons. The highest BCUT2D eigenvalue weighted by Crippen LogP contribution is 2.28. The number of ether oxygens (including phenoxy) is 2. The number of pyridine rings is 1. The second-order valence-electron chi connectivity index (χ2n) is 7.87. The van der Waals surface area contributed by atoms with Gasteiger partial charge in [0.25, 0.3) is 0 Å². The molecule has 2 saturated heterocycles. The molecule has 6 nitrogen and oxygen atoms in total. The number of rotatable bonds is 5. The summed E-state index contributed by atoms with van der Waals surface area (Å²) in [7, 11) is 0. The van der Waals surface area contributed by atoms with Crippen LogP contribution in [0.25, 0.3) is 11.1 Å². The number of cyclic esters (lactones) is 1. The second kappa shape index (κ2) is 8.78. The Morgan fingerprint density at radius 2 is 1.65 bits per heavy atom. The molecule has 0 aliphatic carbocycles. The van der Waals surface area contributed by atoms with Crippen LogP contribution in [0.2, 0.25) is 0 Å². The molecule has 2 aliphatic rings. The van der Waals surface area contributed by atoms with E-state index in [2.05, 4.69) is 46.3 Å². The average molecular weight is 415 g/mol. The number of amides is 1. The molecule has 5 rings (SSSR count). The van der Waals surface area contributed by atoms with Crippen LogP contribution in [0.4, 0.5) is 10.6 Å². The lowest BCUT2D eigenvalue weighted by Gasteiger charge is -2.27. The summed E-state index contributed by atoms with van der Waals surface area (Å²) in [6, 6.07) is 22.3. The lowest BCUT2D eigenvalue weighted by Crippen LogP contribution is -2.36. The molecule has 31 heavy (non-hydrogen) atoms. The number of nitrogens with zero attached hydrogens (tertiary/aromatic N) is 3. The Morgan fingerprint density at radius 1 is 0.903 bits per heavy atom. The van der Waals surface area contributed by atoms with E-state index < -0.39 is 0 Å². The maximum absolute atomic E-state index is 12.3. The summed E-state index contributed by atoms with van der Waals surface area (Å²) in [6.45, 7) is 4.37. The zero-order valence-corrected chi connectivity index (χ0v) is 17.3. The van der Waals surface area contributed by atoms with Gasteiger partial charge < -0.3 is 14.4 Å². The van der Waals surface area contributed by atoms with Crippen molar-refractivity contribution in [2.45, 2.75) is 12.6 Å². The Balaban J connectivity index is 1.22. The first-order valence-electron chi connectivity index (χ1n) is 10.6. The van der Waals surface area contributed by atoms with Crippen molar-refractivity contribution in [3.05, 3.63) is 84.1 Å². The molecule has 158 valence electrons. The van der Waals surface area contributed by atoms with Gasteiger partial charge in [-0.2, -0.15) is 0 Å². The number of morpholine rings is 1. The van der Waals surface area contributed by atoms with Gasteiger partial charge >= 0.3 is 6.09 Å². The predicted molar refractivity (Wildman–Crippen MR) is 119 cm³/mol. The van der Waals surface area contributed by atoms with Gasteiger partial charge in [0.05, 0.1) is 19.8 Å². The maximum Gasteiger partial charge on any atom is 0.410 e. The van der Waals surface area contributed by atoms with Gasteiger partial charge in [0, 0.05) is 31.4 Å². The first kappa shape index (κ1) is 19.6. The molecule has 2 aromatic carbocycles. The number of aromatic nitrogens is 1. The summed E-state index contributed by atoms with van der Waals surface area (Å²) in [4.78, 5) is 20.9. The van der Waals surface area contributed by atoms with Gasteiger partial charge in [-0.25, -0.2) is 9.78 Å². The van der Waals surface area contributed by atoms with Gasteiger partial charge in [-0.3, -0.25) is 4.90 Å². The third-order valence-electron chi connectivity index (χ3n) is 5.80. The van der Waals surface area contributed by atoms with E-state index in [-0.39, 0.29) is 12.2 Å². The highest BCUT2D eigenvalue weighted by atomic mass is 16.6. The van der Waals surface area contributed by atoms with E-state index in [1.54, 1.807) is 4.90 Å². The van der Waals surface area contributed by atoms with Crippen molar-refractivity contribution in [1.29, 1.82) is 0 Å². The molecule has 2 fully saturated rings. The highest BCUT2D eigenvalue weighted by molar-refractivity contribution is 5.70. The van der Waals surface area contributed by atoms with Crippen molar-refractivity contribution in [2.75, 3.05) is 37.7 Å². The van der Waals surface area contributed by atoms with Gasteiger partial charge in [0.15, 0.2) is 0 Å². The summed E-state index contributed by atoms with van der Waals surface area (Å²) >= 11 is 0. The van der Waals surface area contributed by atoms with Crippen LogP contribution >= 0.6 is 0 Å². The molecule has 0 N–H and O–H groups in total. The number of hydrogen-bond donors (Lipinski definition) is 0. The van der Waals surface area contributed by atoms with Crippen LogP contribution in [0.3, 0.4) is 0 Å².